The van der Waals surface area contributed by atoms with Gasteiger partial charge in [-0.3, -0.25) is 0 Å². The zero-order valence-electron chi connectivity index (χ0n) is 14.2. The van der Waals surface area contributed by atoms with Gasteiger partial charge in [0.05, 0.1) is 0 Å². The fourth-order valence-electron chi connectivity index (χ4n) is 2.51. The topological polar surface area (TPSA) is 0 Å². The van der Waals surface area contributed by atoms with Gasteiger partial charge in [-0.25, -0.2) is 0 Å². The second-order valence-electron chi connectivity index (χ2n) is 6.60. The van der Waals surface area contributed by atoms with Crippen molar-refractivity contribution in [2.24, 2.45) is 0 Å². The summed E-state index contributed by atoms with van der Waals surface area (Å²) in [5.74, 6) is 0. The SMILES string of the molecule is C=C(/C=C/[Si](C)(C)c1ccccc1)CCCCCCCC. The zero-order valence-corrected chi connectivity index (χ0v) is 15.2. The molecule has 0 saturated heterocycles. The number of hydrogen-bond donors (Lipinski definition) is 0. The lowest BCUT2D eigenvalue weighted by Gasteiger charge is -2.18. The van der Waals surface area contributed by atoms with E-state index in [2.05, 4.69) is 68.7 Å². The lowest BCUT2D eigenvalue weighted by Crippen LogP contribution is -2.39. The van der Waals surface area contributed by atoms with Gasteiger partial charge in [-0.1, -0.05) is 112 Å². The van der Waals surface area contributed by atoms with Gasteiger partial charge < -0.3 is 0 Å². The number of unbranched alkanes of at least 4 members (excludes halogenated alkanes) is 5. The first-order valence-electron chi connectivity index (χ1n) is 8.49. The molecule has 0 aliphatic heterocycles. The van der Waals surface area contributed by atoms with Crippen LogP contribution >= 0.6 is 0 Å². The van der Waals surface area contributed by atoms with Gasteiger partial charge in [0.25, 0.3) is 0 Å². The first-order chi connectivity index (χ1) is 10.1. The van der Waals surface area contributed by atoms with E-state index in [4.69, 9.17) is 0 Å². The van der Waals surface area contributed by atoms with Crippen molar-refractivity contribution in [3.63, 3.8) is 0 Å². The zero-order chi connectivity index (χ0) is 15.6. The Morgan fingerprint density at radius 3 is 2.29 bits per heavy atom. The van der Waals surface area contributed by atoms with Gasteiger partial charge in [-0.15, -0.1) is 0 Å². The summed E-state index contributed by atoms with van der Waals surface area (Å²) < 4.78 is 0. The summed E-state index contributed by atoms with van der Waals surface area (Å²) in [5, 5.41) is 1.49. The average Bonchev–Trinajstić information content (AvgIpc) is 2.50. The third-order valence-electron chi connectivity index (χ3n) is 4.10. The van der Waals surface area contributed by atoms with Crippen LogP contribution in [0.2, 0.25) is 13.1 Å². The summed E-state index contributed by atoms with van der Waals surface area (Å²) >= 11 is 0. The van der Waals surface area contributed by atoms with Crippen LogP contribution in [0, 0.1) is 0 Å². The minimum absolute atomic E-state index is 1.15. The molecule has 1 heteroatoms. The van der Waals surface area contributed by atoms with E-state index in [1.54, 1.807) is 0 Å². The molecule has 0 amide bonds. The van der Waals surface area contributed by atoms with Crippen LogP contribution in [0.1, 0.15) is 51.9 Å². The quantitative estimate of drug-likeness (QED) is 0.282. The Kier molecular flexibility index (Phi) is 8.37. The second kappa shape index (κ2) is 9.78. The molecule has 0 nitrogen and oxygen atoms in total. The molecule has 0 spiro atoms. The highest BCUT2D eigenvalue weighted by molar-refractivity contribution is 6.93. The molecular weight excluding hydrogens is 268 g/mol. The number of allylic oxidation sites excluding steroid dienone is 2. The van der Waals surface area contributed by atoms with Crippen molar-refractivity contribution in [1.29, 1.82) is 0 Å². The van der Waals surface area contributed by atoms with Crippen LogP contribution in [-0.4, -0.2) is 8.07 Å². The van der Waals surface area contributed by atoms with Gasteiger partial charge in [-0.05, 0) is 12.8 Å². The first-order valence-corrected chi connectivity index (χ1v) is 11.6. The van der Waals surface area contributed by atoms with Crippen LogP contribution < -0.4 is 5.19 Å². The average molecular weight is 301 g/mol. The first kappa shape index (κ1) is 18.0. The Bertz CT molecular complexity index is 428. The predicted molar refractivity (Wildman–Crippen MR) is 99.8 cm³/mol. The van der Waals surface area contributed by atoms with Crippen LogP contribution in [-0.2, 0) is 0 Å². The van der Waals surface area contributed by atoms with E-state index in [9.17, 15) is 0 Å². The van der Waals surface area contributed by atoms with E-state index in [1.807, 2.05) is 0 Å². The van der Waals surface area contributed by atoms with Gasteiger partial charge >= 0.3 is 0 Å². The molecule has 0 atom stereocenters. The molecule has 21 heavy (non-hydrogen) atoms. The van der Waals surface area contributed by atoms with Crippen molar-refractivity contribution >= 4 is 13.3 Å². The molecule has 0 heterocycles. The fraction of sp³-hybridized carbons (Fsp3) is 0.500. The van der Waals surface area contributed by atoms with Crippen molar-refractivity contribution in [2.75, 3.05) is 0 Å². The minimum Gasteiger partial charge on any atom is -0.0959 e. The Hall–Kier alpha value is -1.08. The maximum Gasteiger partial charge on any atom is 0.104 e. The molecule has 0 bridgehead atoms. The number of hydrogen-bond acceptors (Lipinski definition) is 0. The Morgan fingerprint density at radius 2 is 1.62 bits per heavy atom. The van der Waals surface area contributed by atoms with Crippen molar-refractivity contribution in [3.8, 4) is 0 Å². The van der Waals surface area contributed by atoms with E-state index in [0.717, 1.165) is 6.42 Å². The smallest absolute Gasteiger partial charge is 0.0959 e. The minimum atomic E-state index is -1.45. The van der Waals surface area contributed by atoms with Crippen LogP contribution in [0.4, 0.5) is 0 Å². The highest BCUT2D eigenvalue weighted by Crippen LogP contribution is 2.13. The van der Waals surface area contributed by atoms with Gasteiger partial charge in [0.1, 0.15) is 8.07 Å². The lowest BCUT2D eigenvalue weighted by molar-refractivity contribution is 0.608. The normalized spacial score (nSPS) is 12.0. The largest absolute Gasteiger partial charge is 0.104 e. The van der Waals surface area contributed by atoms with E-state index < -0.39 is 8.07 Å². The van der Waals surface area contributed by atoms with E-state index in [-0.39, 0.29) is 0 Å². The molecule has 0 unspecified atom stereocenters. The van der Waals surface area contributed by atoms with Gasteiger partial charge in [0, 0.05) is 0 Å². The Balaban J connectivity index is 2.33. The summed E-state index contributed by atoms with van der Waals surface area (Å²) in [7, 11) is -1.45. The standard InChI is InChI=1S/C20H32Si/c1-5-6-7-8-9-11-14-19(2)17-18-21(3,4)20-15-12-10-13-16-20/h10,12-13,15-18H,2,5-9,11,14H2,1,3-4H3/b18-17+. The Labute approximate surface area is 133 Å². The monoisotopic (exact) mass is 300 g/mol. The third-order valence-corrected chi connectivity index (χ3v) is 6.93. The fourth-order valence-corrected chi connectivity index (χ4v) is 4.40. The predicted octanol–water partition coefficient (Wildman–Crippen LogP) is 6.00. The maximum absolute atomic E-state index is 4.22. The van der Waals surface area contributed by atoms with Crippen LogP contribution in [0.15, 0.2) is 54.3 Å². The molecular formula is C20H32Si. The number of rotatable bonds is 10. The summed E-state index contributed by atoms with van der Waals surface area (Å²) in [6.07, 6.45) is 11.6. The van der Waals surface area contributed by atoms with Crippen LogP contribution in [0.5, 0.6) is 0 Å². The summed E-state index contributed by atoms with van der Waals surface area (Å²) in [4.78, 5) is 0. The molecule has 1 aromatic rings. The summed E-state index contributed by atoms with van der Waals surface area (Å²) in [6, 6.07) is 10.9. The van der Waals surface area contributed by atoms with E-state index in [1.165, 1.54) is 49.3 Å². The van der Waals surface area contributed by atoms with Crippen molar-refractivity contribution in [2.45, 2.75) is 65.0 Å². The van der Waals surface area contributed by atoms with E-state index in [0.29, 0.717) is 0 Å². The van der Waals surface area contributed by atoms with Gasteiger partial charge in [-0.2, -0.15) is 0 Å². The number of benzene rings is 1. The summed E-state index contributed by atoms with van der Waals surface area (Å²) in [6.45, 7) is 11.3. The van der Waals surface area contributed by atoms with Gasteiger partial charge in [0.15, 0.2) is 0 Å². The molecule has 1 rings (SSSR count). The molecule has 1 aromatic carbocycles. The lowest BCUT2D eigenvalue weighted by atomic mass is 10.1. The highest BCUT2D eigenvalue weighted by Gasteiger charge is 2.18. The molecule has 0 N–H and O–H groups in total. The molecule has 0 aromatic heterocycles. The maximum atomic E-state index is 4.22. The second-order valence-corrected chi connectivity index (χ2v) is 11.0. The molecule has 0 fully saturated rings. The summed E-state index contributed by atoms with van der Waals surface area (Å²) in [5.41, 5.74) is 3.73. The highest BCUT2D eigenvalue weighted by atomic mass is 28.3. The molecule has 0 radical (unpaired) electrons. The van der Waals surface area contributed by atoms with Gasteiger partial charge in [0.2, 0.25) is 0 Å². The van der Waals surface area contributed by atoms with Crippen molar-refractivity contribution in [3.05, 3.63) is 54.3 Å². The molecule has 0 aliphatic carbocycles. The van der Waals surface area contributed by atoms with Crippen molar-refractivity contribution in [1.82, 2.24) is 0 Å². The van der Waals surface area contributed by atoms with Crippen LogP contribution in [0.3, 0.4) is 0 Å². The van der Waals surface area contributed by atoms with Crippen LogP contribution in [0.25, 0.3) is 0 Å². The molecule has 116 valence electrons. The molecule has 0 aliphatic rings. The van der Waals surface area contributed by atoms with E-state index >= 15 is 0 Å². The molecule has 0 saturated carbocycles. The Morgan fingerprint density at radius 1 is 1.00 bits per heavy atom. The van der Waals surface area contributed by atoms with Crippen molar-refractivity contribution < 1.29 is 0 Å². The third kappa shape index (κ3) is 7.47.